The summed E-state index contributed by atoms with van der Waals surface area (Å²) in [5.74, 6) is 1.52. The Hall–Kier alpha value is -2.14. The Bertz CT molecular complexity index is 502. The number of benzene rings is 1. The number of nitrogens with two attached hydrogens (primary N) is 1. The Labute approximate surface area is 106 Å². The molecule has 3 N–H and O–H groups in total. The van der Waals surface area contributed by atoms with Gasteiger partial charge in [-0.15, -0.1) is 5.10 Å². The highest BCUT2D eigenvalue weighted by Gasteiger charge is 2.04. The molecule has 94 valence electrons. The van der Waals surface area contributed by atoms with E-state index in [1.54, 1.807) is 6.20 Å². The Kier molecular flexibility index (Phi) is 4.09. The molecule has 2 rings (SSSR count). The fourth-order valence-corrected chi connectivity index (χ4v) is 1.63. The zero-order valence-electron chi connectivity index (χ0n) is 10.3. The molecule has 0 aliphatic heterocycles. The van der Waals surface area contributed by atoms with E-state index in [2.05, 4.69) is 15.5 Å². The third-order valence-electron chi connectivity index (χ3n) is 2.42. The average Bonchev–Trinajstić information content (AvgIpc) is 2.42. The molecule has 0 saturated heterocycles. The summed E-state index contributed by atoms with van der Waals surface area (Å²) in [4.78, 5) is 0. The Morgan fingerprint density at radius 3 is 2.89 bits per heavy atom. The molecule has 0 amide bonds. The van der Waals surface area contributed by atoms with Crippen LogP contribution in [0.3, 0.4) is 0 Å². The van der Waals surface area contributed by atoms with Gasteiger partial charge in [-0.2, -0.15) is 5.10 Å². The van der Waals surface area contributed by atoms with Gasteiger partial charge in [0, 0.05) is 24.0 Å². The van der Waals surface area contributed by atoms with E-state index in [4.69, 9.17) is 10.5 Å². The smallest absolute Gasteiger partial charge is 0.153 e. The highest BCUT2D eigenvalue weighted by Crippen LogP contribution is 2.24. The summed E-state index contributed by atoms with van der Waals surface area (Å²) in [7, 11) is 0. The first-order valence-electron chi connectivity index (χ1n) is 5.84. The summed E-state index contributed by atoms with van der Waals surface area (Å²) in [6.45, 7) is 3.02. The summed E-state index contributed by atoms with van der Waals surface area (Å²) < 4.78 is 5.50. The van der Waals surface area contributed by atoms with E-state index in [9.17, 15) is 0 Å². The fraction of sp³-hybridized carbons (Fsp3) is 0.231. The van der Waals surface area contributed by atoms with E-state index in [0.29, 0.717) is 19.0 Å². The van der Waals surface area contributed by atoms with Crippen LogP contribution in [0.5, 0.6) is 5.75 Å². The molecule has 1 aromatic heterocycles. The van der Waals surface area contributed by atoms with E-state index in [0.717, 1.165) is 17.0 Å². The second-order valence-electron chi connectivity index (χ2n) is 3.69. The van der Waals surface area contributed by atoms with Crippen molar-refractivity contribution < 1.29 is 4.74 Å². The van der Waals surface area contributed by atoms with Crippen LogP contribution in [0.25, 0.3) is 0 Å². The molecule has 0 saturated carbocycles. The zero-order chi connectivity index (χ0) is 12.8. The molecule has 0 radical (unpaired) electrons. The van der Waals surface area contributed by atoms with Crippen LogP contribution < -0.4 is 15.8 Å². The molecule has 0 atom stereocenters. The van der Waals surface area contributed by atoms with Crippen molar-refractivity contribution in [1.82, 2.24) is 10.2 Å². The maximum atomic E-state index is 5.71. The lowest BCUT2D eigenvalue weighted by Gasteiger charge is -2.11. The predicted octanol–water partition coefficient (Wildman–Crippen LogP) is 2.08. The second kappa shape index (κ2) is 5.97. The standard InChI is InChI=1S/C13H16N4O/c1-2-18-12-6-5-11(8-10(12)9-14)16-13-4-3-7-15-17-13/h3-8H,2,9,14H2,1H3,(H,16,17). The molecule has 5 heteroatoms. The Morgan fingerprint density at radius 2 is 2.22 bits per heavy atom. The van der Waals surface area contributed by atoms with Crippen LogP contribution in [0.4, 0.5) is 11.5 Å². The summed E-state index contributed by atoms with van der Waals surface area (Å²) in [6, 6.07) is 9.47. The number of anilines is 2. The second-order valence-corrected chi connectivity index (χ2v) is 3.69. The van der Waals surface area contributed by atoms with Crippen LogP contribution in [0.15, 0.2) is 36.5 Å². The minimum atomic E-state index is 0.436. The van der Waals surface area contributed by atoms with Gasteiger partial charge in [-0.3, -0.25) is 0 Å². The maximum absolute atomic E-state index is 5.71. The van der Waals surface area contributed by atoms with Crippen LogP contribution in [0.1, 0.15) is 12.5 Å². The zero-order valence-corrected chi connectivity index (χ0v) is 10.3. The topological polar surface area (TPSA) is 73.1 Å². The van der Waals surface area contributed by atoms with Gasteiger partial charge in [0.05, 0.1) is 6.61 Å². The van der Waals surface area contributed by atoms with E-state index in [1.165, 1.54) is 0 Å². The van der Waals surface area contributed by atoms with Gasteiger partial charge in [-0.1, -0.05) is 0 Å². The molecule has 5 nitrogen and oxygen atoms in total. The average molecular weight is 244 g/mol. The molecule has 0 aliphatic rings. The molecular weight excluding hydrogens is 228 g/mol. The van der Waals surface area contributed by atoms with Crippen LogP contribution in [-0.4, -0.2) is 16.8 Å². The Balaban J connectivity index is 2.19. The minimum Gasteiger partial charge on any atom is -0.494 e. The summed E-state index contributed by atoms with van der Waals surface area (Å²) in [5, 5.41) is 10.9. The first-order chi connectivity index (χ1) is 8.83. The highest BCUT2D eigenvalue weighted by molar-refractivity contribution is 5.58. The van der Waals surface area contributed by atoms with Crippen molar-refractivity contribution in [2.45, 2.75) is 13.5 Å². The van der Waals surface area contributed by atoms with Crippen molar-refractivity contribution in [2.24, 2.45) is 5.73 Å². The number of rotatable bonds is 5. The molecule has 0 bridgehead atoms. The van der Waals surface area contributed by atoms with Gasteiger partial charge in [-0.05, 0) is 37.3 Å². The van der Waals surface area contributed by atoms with Gasteiger partial charge in [0.1, 0.15) is 5.75 Å². The van der Waals surface area contributed by atoms with E-state index >= 15 is 0 Å². The summed E-state index contributed by atoms with van der Waals surface area (Å²) >= 11 is 0. The third kappa shape index (κ3) is 2.95. The number of ether oxygens (including phenoxy) is 1. The summed E-state index contributed by atoms with van der Waals surface area (Å²) in [5.41, 5.74) is 7.59. The third-order valence-corrected chi connectivity index (χ3v) is 2.42. The number of aromatic nitrogens is 2. The normalized spacial score (nSPS) is 10.1. The number of nitrogens with one attached hydrogen (secondary N) is 1. The number of nitrogens with zero attached hydrogens (tertiary/aromatic N) is 2. The van der Waals surface area contributed by atoms with E-state index in [-0.39, 0.29) is 0 Å². The van der Waals surface area contributed by atoms with Crippen LogP contribution in [0, 0.1) is 0 Å². The molecule has 0 fully saturated rings. The molecule has 0 spiro atoms. The number of hydrogen-bond donors (Lipinski definition) is 2. The first-order valence-corrected chi connectivity index (χ1v) is 5.84. The molecule has 2 aromatic rings. The largest absolute Gasteiger partial charge is 0.494 e. The van der Waals surface area contributed by atoms with E-state index < -0.39 is 0 Å². The molecule has 1 heterocycles. The van der Waals surface area contributed by atoms with Gasteiger partial charge in [0.15, 0.2) is 5.82 Å². The lowest BCUT2D eigenvalue weighted by atomic mass is 10.1. The Morgan fingerprint density at radius 1 is 1.33 bits per heavy atom. The van der Waals surface area contributed by atoms with Crippen molar-refractivity contribution in [3.63, 3.8) is 0 Å². The van der Waals surface area contributed by atoms with Crippen LogP contribution >= 0.6 is 0 Å². The van der Waals surface area contributed by atoms with Gasteiger partial charge in [0.25, 0.3) is 0 Å². The lowest BCUT2D eigenvalue weighted by Crippen LogP contribution is -2.03. The predicted molar refractivity (Wildman–Crippen MR) is 70.8 cm³/mol. The first kappa shape index (κ1) is 12.3. The van der Waals surface area contributed by atoms with Crippen LogP contribution in [-0.2, 0) is 6.54 Å². The van der Waals surface area contributed by atoms with Crippen molar-refractivity contribution in [3.05, 3.63) is 42.1 Å². The van der Waals surface area contributed by atoms with Crippen LogP contribution in [0.2, 0.25) is 0 Å². The molecule has 18 heavy (non-hydrogen) atoms. The van der Waals surface area contributed by atoms with Crippen molar-refractivity contribution >= 4 is 11.5 Å². The highest BCUT2D eigenvalue weighted by atomic mass is 16.5. The van der Waals surface area contributed by atoms with Gasteiger partial charge in [0.2, 0.25) is 0 Å². The fourth-order valence-electron chi connectivity index (χ4n) is 1.63. The van der Waals surface area contributed by atoms with Gasteiger partial charge >= 0.3 is 0 Å². The SMILES string of the molecule is CCOc1ccc(Nc2cccnn2)cc1CN. The maximum Gasteiger partial charge on any atom is 0.153 e. The molecule has 0 unspecified atom stereocenters. The molecule has 0 aliphatic carbocycles. The minimum absolute atomic E-state index is 0.436. The van der Waals surface area contributed by atoms with E-state index in [1.807, 2.05) is 37.3 Å². The van der Waals surface area contributed by atoms with Crippen molar-refractivity contribution in [2.75, 3.05) is 11.9 Å². The van der Waals surface area contributed by atoms with Crippen molar-refractivity contribution in [3.8, 4) is 5.75 Å². The monoisotopic (exact) mass is 244 g/mol. The quantitative estimate of drug-likeness (QED) is 0.842. The van der Waals surface area contributed by atoms with Gasteiger partial charge < -0.3 is 15.8 Å². The van der Waals surface area contributed by atoms with Crippen molar-refractivity contribution in [1.29, 1.82) is 0 Å². The lowest BCUT2D eigenvalue weighted by molar-refractivity contribution is 0.336. The molecule has 1 aromatic carbocycles. The number of hydrogen-bond acceptors (Lipinski definition) is 5. The molecular formula is C13H16N4O. The summed E-state index contributed by atoms with van der Waals surface area (Å²) in [6.07, 6.45) is 1.63. The van der Waals surface area contributed by atoms with Gasteiger partial charge in [-0.25, -0.2) is 0 Å².